The number of carbonyl (C=O) groups is 3. The molecule has 2 amide bonds. The third kappa shape index (κ3) is 4.78. The third-order valence-corrected chi connectivity index (χ3v) is 6.46. The van der Waals surface area contributed by atoms with Gasteiger partial charge in [0.15, 0.2) is 0 Å². The van der Waals surface area contributed by atoms with E-state index in [0.29, 0.717) is 16.8 Å². The first kappa shape index (κ1) is 22.6. The summed E-state index contributed by atoms with van der Waals surface area (Å²) in [5.41, 5.74) is 3.09. The van der Waals surface area contributed by atoms with Gasteiger partial charge in [-0.3, -0.25) is 14.5 Å². The van der Waals surface area contributed by atoms with Crippen molar-refractivity contribution < 1.29 is 19.1 Å². The number of amides is 2. The Morgan fingerprint density at radius 1 is 0.970 bits per heavy atom. The zero-order chi connectivity index (χ0) is 23.4. The van der Waals surface area contributed by atoms with Crippen LogP contribution < -0.4 is 10.2 Å². The fourth-order valence-electron chi connectivity index (χ4n) is 3.70. The standard InChI is InChI=1S/C26H24N2O4S/c1-3-17-9-5-7-11-20(17)27-24(29)16-28-21-15-18(26(31)32-4-2)13-14-23(21)33-22-12-8-6-10-19(22)25(28)30/h5-15H,3-4,16H2,1-2H3,(H,27,29). The topological polar surface area (TPSA) is 75.7 Å². The Kier molecular flexibility index (Phi) is 6.79. The van der Waals surface area contributed by atoms with E-state index in [1.54, 1.807) is 37.3 Å². The van der Waals surface area contributed by atoms with E-state index >= 15 is 0 Å². The number of ether oxygens (including phenoxy) is 1. The van der Waals surface area contributed by atoms with Crippen LogP contribution in [-0.2, 0) is 16.0 Å². The predicted molar refractivity (Wildman–Crippen MR) is 129 cm³/mol. The van der Waals surface area contributed by atoms with Gasteiger partial charge in [-0.15, -0.1) is 0 Å². The van der Waals surface area contributed by atoms with Crippen molar-refractivity contribution in [2.24, 2.45) is 0 Å². The summed E-state index contributed by atoms with van der Waals surface area (Å²) in [6, 6.07) is 20.0. The molecule has 0 saturated carbocycles. The van der Waals surface area contributed by atoms with Crippen molar-refractivity contribution in [2.45, 2.75) is 30.1 Å². The maximum Gasteiger partial charge on any atom is 0.338 e. The van der Waals surface area contributed by atoms with Gasteiger partial charge in [0.1, 0.15) is 6.54 Å². The zero-order valence-electron chi connectivity index (χ0n) is 18.5. The summed E-state index contributed by atoms with van der Waals surface area (Å²) in [4.78, 5) is 41.9. The normalized spacial score (nSPS) is 12.4. The number of nitrogens with zero attached hydrogens (tertiary/aromatic N) is 1. The fraction of sp³-hybridized carbons (Fsp3) is 0.192. The molecule has 0 saturated heterocycles. The number of hydrogen-bond donors (Lipinski definition) is 1. The van der Waals surface area contributed by atoms with Gasteiger partial charge in [-0.2, -0.15) is 0 Å². The minimum atomic E-state index is -0.471. The second kappa shape index (κ2) is 9.92. The fourth-order valence-corrected chi connectivity index (χ4v) is 4.76. The van der Waals surface area contributed by atoms with Crippen molar-refractivity contribution in [3.8, 4) is 0 Å². The highest BCUT2D eigenvalue weighted by atomic mass is 32.2. The first-order valence-electron chi connectivity index (χ1n) is 10.8. The van der Waals surface area contributed by atoms with Crippen LogP contribution in [0.15, 0.2) is 76.5 Å². The molecule has 0 spiro atoms. The zero-order valence-corrected chi connectivity index (χ0v) is 19.3. The number of carbonyl (C=O) groups excluding carboxylic acids is 3. The Hall–Kier alpha value is -3.58. The van der Waals surface area contributed by atoms with Crippen LogP contribution in [0.5, 0.6) is 0 Å². The van der Waals surface area contributed by atoms with E-state index in [1.165, 1.54) is 16.7 Å². The van der Waals surface area contributed by atoms with Gasteiger partial charge < -0.3 is 10.1 Å². The smallest absolute Gasteiger partial charge is 0.338 e. The second-order valence-corrected chi connectivity index (χ2v) is 8.54. The molecular formula is C26H24N2O4S. The molecule has 1 heterocycles. The lowest BCUT2D eigenvalue weighted by Crippen LogP contribution is -2.38. The Balaban J connectivity index is 1.72. The first-order valence-corrected chi connectivity index (χ1v) is 11.6. The highest BCUT2D eigenvalue weighted by molar-refractivity contribution is 7.99. The number of benzene rings is 3. The molecule has 0 atom stereocenters. The van der Waals surface area contributed by atoms with Crippen molar-refractivity contribution in [2.75, 3.05) is 23.4 Å². The van der Waals surface area contributed by atoms with Crippen molar-refractivity contribution in [1.29, 1.82) is 0 Å². The molecule has 4 rings (SSSR count). The Morgan fingerprint density at radius 2 is 1.73 bits per heavy atom. The predicted octanol–water partition coefficient (Wildman–Crippen LogP) is 5.18. The second-order valence-electron chi connectivity index (χ2n) is 7.45. The molecule has 0 aromatic heterocycles. The van der Waals surface area contributed by atoms with Gasteiger partial charge in [-0.05, 0) is 55.3 Å². The third-order valence-electron chi connectivity index (χ3n) is 5.32. The Bertz CT molecular complexity index is 1220. The number of aryl methyl sites for hydroxylation is 1. The summed E-state index contributed by atoms with van der Waals surface area (Å²) >= 11 is 1.44. The summed E-state index contributed by atoms with van der Waals surface area (Å²) < 4.78 is 5.13. The van der Waals surface area contributed by atoms with Crippen LogP contribution in [-0.4, -0.2) is 30.9 Å². The number of fused-ring (bicyclic) bond motifs is 2. The molecule has 0 unspecified atom stereocenters. The molecule has 1 N–H and O–H groups in total. The van der Waals surface area contributed by atoms with E-state index in [2.05, 4.69) is 5.32 Å². The summed E-state index contributed by atoms with van der Waals surface area (Å²) in [5.74, 6) is -1.08. The highest BCUT2D eigenvalue weighted by Crippen LogP contribution is 2.41. The maximum atomic E-state index is 13.5. The summed E-state index contributed by atoms with van der Waals surface area (Å²) in [6.07, 6.45) is 0.773. The summed E-state index contributed by atoms with van der Waals surface area (Å²) in [7, 11) is 0. The monoisotopic (exact) mass is 460 g/mol. The van der Waals surface area contributed by atoms with Gasteiger partial charge in [0.2, 0.25) is 5.91 Å². The number of hydrogen-bond acceptors (Lipinski definition) is 5. The van der Waals surface area contributed by atoms with Crippen LogP contribution in [0.3, 0.4) is 0 Å². The lowest BCUT2D eigenvalue weighted by atomic mass is 10.1. The quantitative estimate of drug-likeness (QED) is 0.513. The number of para-hydroxylation sites is 1. The largest absolute Gasteiger partial charge is 0.462 e. The first-order chi connectivity index (χ1) is 16.0. The molecule has 3 aromatic rings. The van der Waals surface area contributed by atoms with Gasteiger partial charge in [0, 0.05) is 15.5 Å². The van der Waals surface area contributed by atoms with E-state index in [4.69, 9.17) is 4.74 Å². The molecule has 6 nitrogen and oxygen atoms in total. The molecule has 3 aromatic carbocycles. The molecule has 0 aliphatic carbocycles. The minimum Gasteiger partial charge on any atom is -0.462 e. The molecule has 1 aliphatic rings. The average molecular weight is 461 g/mol. The van der Waals surface area contributed by atoms with E-state index in [9.17, 15) is 14.4 Å². The van der Waals surface area contributed by atoms with Crippen LogP contribution in [0, 0.1) is 0 Å². The lowest BCUT2D eigenvalue weighted by molar-refractivity contribution is -0.114. The van der Waals surface area contributed by atoms with Gasteiger partial charge in [0.25, 0.3) is 5.91 Å². The van der Waals surface area contributed by atoms with Crippen molar-refractivity contribution in [3.63, 3.8) is 0 Å². The Morgan fingerprint density at radius 3 is 2.52 bits per heavy atom. The van der Waals surface area contributed by atoms with Crippen LogP contribution in [0.2, 0.25) is 0 Å². The number of rotatable bonds is 6. The van der Waals surface area contributed by atoms with Gasteiger partial charge in [-0.1, -0.05) is 49.0 Å². The summed E-state index contributed by atoms with van der Waals surface area (Å²) in [5, 5.41) is 2.93. The minimum absolute atomic E-state index is 0.189. The lowest BCUT2D eigenvalue weighted by Gasteiger charge is -2.23. The van der Waals surface area contributed by atoms with Crippen LogP contribution in [0.25, 0.3) is 0 Å². The Labute approximate surface area is 196 Å². The molecular weight excluding hydrogens is 436 g/mol. The van der Waals surface area contributed by atoms with Crippen LogP contribution in [0.4, 0.5) is 11.4 Å². The van der Waals surface area contributed by atoms with Gasteiger partial charge in [-0.25, -0.2) is 4.79 Å². The molecule has 1 aliphatic heterocycles. The molecule has 33 heavy (non-hydrogen) atoms. The number of esters is 1. The van der Waals surface area contributed by atoms with E-state index < -0.39 is 5.97 Å². The van der Waals surface area contributed by atoms with E-state index in [-0.39, 0.29) is 25.0 Å². The highest BCUT2D eigenvalue weighted by Gasteiger charge is 2.29. The molecule has 0 radical (unpaired) electrons. The van der Waals surface area contributed by atoms with Crippen molar-refractivity contribution in [1.82, 2.24) is 0 Å². The molecule has 0 bridgehead atoms. The van der Waals surface area contributed by atoms with E-state index in [1.807, 2.05) is 43.3 Å². The average Bonchev–Trinajstić information content (AvgIpc) is 2.94. The summed E-state index contributed by atoms with van der Waals surface area (Å²) in [6.45, 7) is 3.82. The number of anilines is 2. The molecule has 7 heteroatoms. The molecule has 168 valence electrons. The number of nitrogens with one attached hydrogen (secondary N) is 1. The van der Waals surface area contributed by atoms with Crippen LogP contribution >= 0.6 is 11.8 Å². The van der Waals surface area contributed by atoms with Gasteiger partial charge >= 0.3 is 5.97 Å². The van der Waals surface area contributed by atoms with Crippen molar-refractivity contribution in [3.05, 3.63) is 83.4 Å². The van der Waals surface area contributed by atoms with Crippen LogP contribution in [0.1, 0.15) is 40.1 Å². The maximum absolute atomic E-state index is 13.5. The van der Waals surface area contributed by atoms with Crippen molar-refractivity contribution >= 4 is 40.9 Å². The molecule has 0 fully saturated rings. The SMILES string of the molecule is CCOC(=O)c1ccc2c(c1)N(CC(=O)Nc1ccccc1CC)C(=O)c1ccccc1S2. The van der Waals surface area contributed by atoms with Gasteiger partial charge in [0.05, 0.1) is 23.4 Å². The van der Waals surface area contributed by atoms with E-state index in [0.717, 1.165) is 27.5 Å².